The summed E-state index contributed by atoms with van der Waals surface area (Å²) in [5, 5.41) is 11.0. The van der Waals surface area contributed by atoms with Crippen LogP contribution in [-0.2, 0) is 6.54 Å². The first-order valence-corrected chi connectivity index (χ1v) is 13.2. The first-order valence-electron chi connectivity index (χ1n) is 12.8. The van der Waals surface area contributed by atoms with Crippen LogP contribution < -0.4 is 15.4 Å². The molecule has 0 aliphatic heterocycles. The zero-order valence-electron chi connectivity index (χ0n) is 21.2. The third-order valence-corrected chi connectivity index (χ3v) is 8.00. The van der Waals surface area contributed by atoms with Crippen molar-refractivity contribution in [2.45, 2.75) is 84.0 Å². The number of methoxy groups -OCH3 is 1. The molecule has 0 radical (unpaired) electrons. The summed E-state index contributed by atoms with van der Waals surface area (Å²) in [6.45, 7) is 7.01. The third-order valence-electron chi connectivity index (χ3n) is 7.64. The number of pyridine rings is 1. The summed E-state index contributed by atoms with van der Waals surface area (Å²) in [5.74, 6) is 2.07. The Morgan fingerprint density at radius 1 is 1.31 bits per heavy atom. The van der Waals surface area contributed by atoms with Gasteiger partial charge < -0.3 is 15.4 Å². The number of hydrogen-bond donors (Lipinski definition) is 2. The molecule has 2 heterocycles. The van der Waals surface area contributed by atoms with Crippen molar-refractivity contribution in [3.05, 3.63) is 23.0 Å². The number of nitrogens with zero attached hydrogens (tertiary/aromatic N) is 3. The largest absolute Gasteiger partial charge is 0.496 e. The average molecular weight is 506 g/mol. The molecular formula is C26H37ClFN5O2. The predicted molar refractivity (Wildman–Crippen MR) is 137 cm³/mol. The van der Waals surface area contributed by atoms with Crippen LogP contribution in [-0.4, -0.2) is 46.0 Å². The second-order valence-corrected chi connectivity index (χ2v) is 10.7. The fourth-order valence-corrected chi connectivity index (χ4v) is 5.64. The standard InChI is InChI=1S/C26H37ClFN5O2/c1-5-33-24(22(27)23(32-33)25(34)30-14-17-10-8-16(2)9-11-17)18-15-29-21(13-19(18)35-4)31-20-7-6-12-26(20,3)28/h13,15-17,20H,5-12,14H2,1-4H3,(H,29,31)(H,30,34)/t16?,17?,20-,26?/m0/s1. The van der Waals surface area contributed by atoms with Crippen LogP contribution >= 0.6 is 11.6 Å². The molecule has 0 saturated heterocycles. The molecule has 2 N–H and O–H groups in total. The number of nitrogens with one attached hydrogen (secondary N) is 2. The number of carbonyl (C=O) groups is 1. The molecule has 2 saturated carbocycles. The lowest BCUT2D eigenvalue weighted by atomic mass is 9.83. The van der Waals surface area contributed by atoms with Crippen molar-refractivity contribution in [1.82, 2.24) is 20.1 Å². The van der Waals surface area contributed by atoms with Crippen molar-refractivity contribution in [2.24, 2.45) is 11.8 Å². The highest BCUT2D eigenvalue weighted by Crippen LogP contribution is 2.39. The molecule has 1 amide bonds. The van der Waals surface area contributed by atoms with E-state index in [0.717, 1.165) is 31.6 Å². The molecule has 0 aromatic carbocycles. The summed E-state index contributed by atoms with van der Waals surface area (Å²) >= 11 is 6.73. The van der Waals surface area contributed by atoms with Crippen LogP contribution in [0.4, 0.5) is 10.2 Å². The highest BCUT2D eigenvalue weighted by atomic mass is 35.5. The van der Waals surface area contributed by atoms with Gasteiger partial charge in [-0.3, -0.25) is 9.48 Å². The minimum absolute atomic E-state index is 0.205. The summed E-state index contributed by atoms with van der Waals surface area (Å²) in [6, 6.07) is 1.45. The summed E-state index contributed by atoms with van der Waals surface area (Å²) in [4.78, 5) is 17.5. The minimum Gasteiger partial charge on any atom is -0.496 e. The maximum Gasteiger partial charge on any atom is 0.273 e. The molecule has 0 bridgehead atoms. The number of anilines is 1. The van der Waals surface area contributed by atoms with Gasteiger partial charge >= 0.3 is 0 Å². The van der Waals surface area contributed by atoms with Crippen molar-refractivity contribution >= 4 is 23.3 Å². The van der Waals surface area contributed by atoms with Gasteiger partial charge in [-0.2, -0.15) is 5.10 Å². The molecule has 2 aromatic rings. The maximum atomic E-state index is 14.7. The number of amides is 1. The van der Waals surface area contributed by atoms with Crippen LogP contribution in [0, 0.1) is 11.8 Å². The molecule has 2 aliphatic carbocycles. The van der Waals surface area contributed by atoms with Crippen LogP contribution in [0.15, 0.2) is 12.3 Å². The molecular weight excluding hydrogens is 469 g/mol. The van der Waals surface area contributed by atoms with Crippen molar-refractivity contribution in [3.63, 3.8) is 0 Å². The van der Waals surface area contributed by atoms with Gasteiger partial charge in [-0.1, -0.05) is 31.4 Å². The van der Waals surface area contributed by atoms with E-state index in [-0.39, 0.29) is 22.7 Å². The van der Waals surface area contributed by atoms with Crippen molar-refractivity contribution in [1.29, 1.82) is 0 Å². The molecule has 9 heteroatoms. The zero-order valence-corrected chi connectivity index (χ0v) is 21.9. The molecule has 192 valence electrons. The lowest BCUT2D eigenvalue weighted by Crippen LogP contribution is -2.35. The van der Waals surface area contributed by atoms with Gasteiger partial charge in [0.25, 0.3) is 5.91 Å². The van der Waals surface area contributed by atoms with E-state index in [1.807, 2.05) is 6.92 Å². The van der Waals surface area contributed by atoms with Gasteiger partial charge in [0.1, 0.15) is 17.2 Å². The second kappa shape index (κ2) is 10.7. The molecule has 2 aliphatic rings. The zero-order chi connectivity index (χ0) is 25.2. The van der Waals surface area contributed by atoms with E-state index in [2.05, 4.69) is 27.6 Å². The maximum absolute atomic E-state index is 14.7. The Morgan fingerprint density at radius 3 is 2.69 bits per heavy atom. The second-order valence-electron chi connectivity index (χ2n) is 10.3. The number of carbonyl (C=O) groups excluding carboxylic acids is 1. The van der Waals surface area contributed by atoms with Crippen molar-refractivity contribution in [2.75, 3.05) is 19.0 Å². The van der Waals surface area contributed by atoms with Gasteiger partial charge in [-0.15, -0.1) is 0 Å². The lowest BCUT2D eigenvalue weighted by Gasteiger charge is -2.26. The molecule has 2 fully saturated rings. The summed E-state index contributed by atoms with van der Waals surface area (Å²) < 4.78 is 22.1. The van der Waals surface area contributed by atoms with E-state index in [0.29, 0.717) is 48.3 Å². The van der Waals surface area contributed by atoms with Crippen LogP contribution in [0.5, 0.6) is 5.75 Å². The Balaban J connectivity index is 1.54. The van der Waals surface area contributed by atoms with Crippen molar-refractivity contribution in [3.8, 4) is 17.0 Å². The van der Waals surface area contributed by atoms with Crippen molar-refractivity contribution < 1.29 is 13.9 Å². The summed E-state index contributed by atoms with van der Waals surface area (Å²) in [7, 11) is 1.57. The first-order chi connectivity index (χ1) is 16.7. The molecule has 7 nitrogen and oxygen atoms in total. The highest BCUT2D eigenvalue weighted by Gasteiger charge is 2.39. The van der Waals surface area contributed by atoms with E-state index in [9.17, 15) is 9.18 Å². The van der Waals surface area contributed by atoms with Gasteiger partial charge in [-0.05, 0) is 57.8 Å². The highest BCUT2D eigenvalue weighted by molar-refractivity contribution is 6.36. The van der Waals surface area contributed by atoms with E-state index >= 15 is 0 Å². The smallest absolute Gasteiger partial charge is 0.273 e. The van der Waals surface area contributed by atoms with Crippen LogP contribution in [0.2, 0.25) is 5.02 Å². The molecule has 4 rings (SSSR count). The minimum atomic E-state index is -1.27. The molecule has 35 heavy (non-hydrogen) atoms. The molecule has 1 unspecified atom stereocenters. The number of halogens is 2. The topological polar surface area (TPSA) is 81.1 Å². The molecule has 2 aromatic heterocycles. The van der Waals surface area contributed by atoms with E-state index in [1.54, 1.807) is 31.0 Å². The summed E-state index contributed by atoms with van der Waals surface area (Å²) in [5.41, 5.74) is 0.150. The molecule has 0 spiro atoms. The van der Waals surface area contributed by atoms with Crippen LogP contribution in [0.25, 0.3) is 11.3 Å². The Bertz CT molecular complexity index is 1050. The van der Waals surface area contributed by atoms with Crippen LogP contribution in [0.1, 0.15) is 76.2 Å². The lowest BCUT2D eigenvalue weighted by molar-refractivity contribution is 0.0936. The number of aryl methyl sites for hydroxylation is 1. The first kappa shape index (κ1) is 25.7. The Morgan fingerprint density at radius 2 is 2.06 bits per heavy atom. The fourth-order valence-electron chi connectivity index (χ4n) is 5.32. The Kier molecular flexibility index (Phi) is 7.89. The van der Waals surface area contributed by atoms with E-state index < -0.39 is 5.67 Å². The van der Waals surface area contributed by atoms with E-state index in [4.69, 9.17) is 16.3 Å². The fraction of sp³-hybridized carbons (Fsp3) is 0.654. The third kappa shape index (κ3) is 5.57. The van der Waals surface area contributed by atoms with Gasteiger partial charge in [0.05, 0.1) is 29.4 Å². The monoisotopic (exact) mass is 505 g/mol. The number of hydrogen-bond acceptors (Lipinski definition) is 5. The van der Waals surface area contributed by atoms with Gasteiger partial charge in [0.15, 0.2) is 5.69 Å². The normalized spacial score (nSPS) is 26.5. The molecule has 2 atom stereocenters. The SMILES string of the molecule is CCn1nc(C(=O)NCC2CCC(C)CC2)c(Cl)c1-c1cnc(N[C@H]2CCCC2(C)F)cc1OC. The van der Waals surface area contributed by atoms with E-state index in [1.165, 1.54) is 12.8 Å². The number of ether oxygens (including phenoxy) is 1. The van der Waals surface area contributed by atoms with Gasteiger partial charge in [-0.25, -0.2) is 9.37 Å². The predicted octanol–water partition coefficient (Wildman–Crippen LogP) is 5.88. The Hall–Kier alpha value is -2.35. The van der Waals surface area contributed by atoms with Gasteiger partial charge in [0.2, 0.25) is 0 Å². The van der Waals surface area contributed by atoms with Crippen LogP contribution in [0.3, 0.4) is 0 Å². The van der Waals surface area contributed by atoms with Gasteiger partial charge in [0, 0.05) is 25.4 Å². The Labute approximate surface area is 212 Å². The average Bonchev–Trinajstić information content (AvgIpc) is 3.36. The number of alkyl halides is 1. The number of rotatable bonds is 8. The number of aromatic nitrogens is 3. The quantitative estimate of drug-likeness (QED) is 0.468. The summed E-state index contributed by atoms with van der Waals surface area (Å²) in [6.07, 6.45) is 8.46.